The van der Waals surface area contributed by atoms with Crippen LogP contribution in [0.15, 0.2) is 33.2 Å². The summed E-state index contributed by atoms with van der Waals surface area (Å²) in [7, 11) is 0. The van der Waals surface area contributed by atoms with Crippen LogP contribution >= 0.6 is 15.9 Å². The standard InChI is InChI=1S/C15H8BrF4NO3/c1-6-8(15(18,19)20)3-12(23)13(14(6)24)7-2-11(21-5-22)9(16)4-10(7)17/h2-4,6,13H,1H3. The maximum Gasteiger partial charge on any atom is 0.413 e. The number of carbonyl (C=O) groups excluding carboxylic acids is 3. The molecule has 0 N–H and O–H groups in total. The zero-order chi connectivity index (χ0) is 18.2. The second-order valence-electron chi connectivity index (χ2n) is 5.09. The van der Waals surface area contributed by atoms with Crippen LogP contribution in [0.3, 0.4) is 0 Å². The van der Waals surface area contributed by atoms with Crippen molar-refractivity contribution < 1.29 is 31.9 Å². The largest absolute Gasteiger partial charge is 0.413 e. The quantitative estimate of drug-likeness (QED) is 0.324. The van der Waals surface area contributed by atoms with Crippen LogP contribution in [0.2, 0.25) is 0 Å². The lowest BCUT2D eigenvalue weighted by molar-refractivity contribution is -0.136. The fourth-order valence-corrected chi connectivity index (χ4v) is 2.85. The van der Waals surface area contributed by atoms with Crippen LogP contribution in [-0.2, 0) is 14.4 Å². The summed E-state index contributed by atoms with van der Waals surface area (Å²) in [5, 5.41) is 0. The molecule has 0 radical (unpaired) electrons. The Morgan fingerprint density at radius 3 is 2.42 bits per heavy atom. The predicted molar refractivity (Wildman–Crippen MR) is 77.9 cm³/mol. The molecular formula is C15H8BrF4NO3. The molecular weight excluding hydrogens is 398 g/mol. The smallest absolute Gasteiger partial charge is 0.298 e. The van der Waals surface area contributed by atoms with Gasteiger partial charge in [0, 0.05) is 21.5 Å². The molecule has 0 fully saturated rings. The molecule has 0 aliphatic heterocycles. The minimum atomic E-state index is -4.83. The molecule has 2 rings (SSSR count). The highest BCUT2D eigenvalue weighted by molar-refractivity contribution is 9.10. The number of isocyanates is 1. The first kappa shape index (κ1) is 18.2. The fourth-order valence-electron chi connectivity index (χ4n) is 2.45. The van der Waals surface area contributed by atoms with Gasteiger partial charge in [0.25, 0.3) is 0 Å². The van der Waals surface area contributed by atoms with E-state index in [1.807, 2.05) is 0 Å². The third-order valence-electron chi connectivity index (χ3n) is 3.63. The molecule has 1 aromatic rings. The van der Waals surface area contributed by atoms with Gasteiger partial charge in [-0.25, -0.2) is 9.18 Å². The lowest BCUT2D eigenvalue weighted by Crippen LogP contribution is -2.36. The Morgan fingerprint density at radius 2 is 1.88 bits per heavy atom. The van der Waals surface area contributed by atoms with E-state index in [2.05, 4.69) is 20.9 Å². The predicted octanol–water partition coefficient (Wildman–Crippen LogP) is 3.92. The summed E-state index contributed by atoms with van der Waals surface area (Å²) in [5.41, 5.74) is -1.80. The van der Waals surface area contributed by atoms with Crippen molar-refractivity contribution in [1.29, 1.82) is 0 Å². The van der Waals surface area contributed by atoms with Crippen LogP contribution in [0.25, 0.3) is 0 Å². The molecule has 0 saturated carbocycles. The van der Waals surface area contributed by atoms with Crippen molar-refractivity contribution in [2.24, 2.45) is 10.9 Å². The van der Waals surface area contributed by atoms with Crippen molar-refractivity contribution in [2.75, 3.05) is 0 Å². The van der Waals surface area contributed by atoms with Gasteiger partial charge in [-0.3, -0.25) is 9.59 Å². The van der Waals surface area contributed by atoms with E-state index in [-0.39, 0.29) is 10.2 Å². The maximum atomic E-state index is 14.1. The molecule has 1 aliphatic carbocycles. The molecule has 1 aromatic carbocycles. The van der Waals surface area contributed by atoms with Crippen LogP contribution in [0.5, 0.6) is 0 Å². The highest BCUT2D eigenvalue weighted by Crippen LogP contribution is 2.41. The van der Waals surface area contributed by atoms with Gasteiger partial charge in [0.05, 0.1) is 5.69 Å². The van der Waals surface area contributed by atoms with Crippen molar-refractivity contribution in [3.63, 3.8) is 0 Å². The second kappa shape index (κ2) is 6.41. The van der Waals surface area contributed by atoms with Crippen LogP contribution in [0.1, 0.15) is 18.4 Å². The van der Waals surface area contributed by atoms with E-state index in [0.29, 0.717) is 6.08 Å². The number of ketones is 2. The van der Waals surface area contributed by atoms with Gasteiger partial charge in [-0.15, -0.1) is 0 Å². The van der Waals surface area contributed by atoms with E-state index in [1.165, 1.54) is 6.08 Å². The molecule has 0 bridgehead atoms. The monoisotopic (exact) mass is 405 g/mol. The average molecular weight is 406 g/mol. The second-order valence-corrected chi connectivity index (χ2v) is 5.94. The molecule has 4 nitrogen and oxygen atoms in total. The van der Waals surface area contributed by atoms with E-state index in [9.17, 15) is 31.9 Å². The number of benzene rings is 1. The van der Waals surface area contributed by atoms with E-state index in [4.69, 9.17) is 0 Å². The number of Topliss-reactive ketones (excluding diaryl/α,β-unsaturated/α-hetero) is 1. The van der Waals surface area contributed by atoms with E-state index < -0.39 is 46.5 Å². The van der Waals surface area contributed by atoms with E-state index in [0.717, 1.165) is 19.1 Å². The summed E-state index contributed by atoms with van der Waals surface area (Å²) >= 11 is 2.94. The molecule has 24 heavy (non-hydrogen) atoms. The molecule has 0 aromatic heterocycles. The van der Waals surface area contributed by atoms with Crippen molar-refractivity contribution in [3.05, 3.63) is 39.6 Å². The molecule has 9 heteroatoms. The molecule has 1 aliphatic rings. The van der Waals surface area contributed by atoms with Gasteiger partial charge in [-0.1, -0.05) is 6.92 Å². The van der Waals surface area contributed by atoms with E-state index in [1.54, 1.807) is 0 Å². The van der Waals surface area contributed by atoms with Crippen molar-refractivity contribution >= 4 is 39.3 Å². The van der Waals surface area contributed by atoms with Crippen LogP contribution in [-0.4, -0.2) is 23.8 Å². The summed E-state index contributed by atoms with van der Waals surface area (Å²) in [6.07, 6.45) is -3.29. The Morgan fingerprint density at radius 1 is 1.25 bits per heavy atom. The number of nitrogens with zero attached hydrogens (tertiary/aromatic N) is 1. The first-order valence-corrected chi connectivity index (χ1v) is 7.30. The normalized spacial score (nSPS) is 21.3. The Labute approximate surface area is 141 Å². The summed E-state index contributed by atoms with van der Waals surface area (Å²) in [6.45, 7) is 1.00. The fraction of sp³-hybridized carbons (Fsp3) is 0.267. The summed E-state index contributed by atoms with van der Waals surface area (Å²) in [4.78, 5) is 37.9. The SMILES string of the molecule is CC1C(=O)C(c2cc(N=C=O)c(Br)cc2F)C(=O)C=C1C(F)(F)F. The Kier molecular flexibility index (Phi) is 4.87. The third kappa shape index (κ3) is 3.22. The average Bonchev–Trinajstić information content (AvgIpc) is 2.46. The highest BCUT2D eigenvalue weighted by atomic mass is 79.9. The maximum absolute atomic E-state index is 14.1. The van der Waals surface area contributed by atoms with Gasteiger partial charge >= 0.3 is 6.18 Å². The molecule has 2 atom stereocenters. The zero-order valence-electron chi connectivity index (χ0n) is 11.9. The highest BCUT2D eigenvalue weighted by Gasteiger charge is 2.47. The number of alkyl halides is 3. The van der Waals surface area contributed by atoms with Gasteiger partial charge in [-0.2, -0.15) is 18.2 Å². The van der Waals surface area contributed by atoms with Crippen LogP contribution in [0.4, 0.5) is 23.2 Å². The number of carbonyl (C=O) groups is 2. The van der Waals surface area contributed by atoms with Gasteiger partial charge in [0.2, 0.25) is 6.08 Å². The zero-order valence-corrected chi connectivity index (χ0v) is 13.5. The Bertz CT molecular complexity index is 810. The summed E-state index contributed by atoms with van der Waals surface area (Å²) in [5.74, 6) is -6.56. The van der Waals surface area contributed by atoms with Gasteiger partial charge < -0.3 is 0 Å². The first-order valence-electron chi connectivity index (χ1n) is 6.51. The van der Waals surface area contributed by atoms with Gasteiger partial charge in [0.15, 0.2) is 11.6 Å². The number of rotatable bonds is 2. The Hall–Kier alpha value is -2.12. The van der Waals surface area contributed by atoms with Gasteiger partial charge in [-0.05, 0) is 34.1 Å². The topological polar surface area (TPSA) is 63.6 Å². The van der Waals surface area contributed by atoms with E-state index >= 15 is 0 Å². The lowest BCUT2D eigenvalue weighted by atomic mass is 9.76. The van der Waals surface area contributed by atoms with Crippen molar-refractivity contribution in [1.82, 2.24) is 0 Å². The molecule has 0 saturated heterocycles. The number of allylic oxidation sites excluding steroid dienone is 2. The van der Waals surface area contributed by atoms with Crippen molar-refractivity contribution in [2.45, 2.75) is 19.0 Å². The van der Waals surface area contributed by atoms with Crippen LogP contribution in [0, 0.1) is 11.7 Å². The number of hydrogen-bond acceptors (Lipinski definition) is 4. The van der Waals surface area contributed by atoms with Crippen molar-refractivity contribution in [3.8, 4) is 0 Å². The van der Waals surface area contributed by atoms with Crippen LogP contribution < -0.4 is 0 Å². The summed E-state index contributed by atoms with van der Waals surface area (Å²) in [6, 6.07) is 1.84. The minimum absolute atomic E-state index is 0.0716. The first-order chi connectivity index (χ1) is 11.1. The molecule has 0 spiro atoms. The Balaban J connectivity index is 2.60. The number of hydrogen-bond donors (Lipinski definition) is 0. The van der Waals surface area contributed by atoms with Gasteiger partial charge in [0.1, 0.15) is 11.7 Å². The summed E-state index contributed by atoms with van der Waals surface area (Å²) < 4.78 is 52.8. The number of halogens is 5. The molecule has 0 heterocycles. The number of aliphatic imine (C=N–C) groups is 1. The lowest BCUT2D eigenvalue weighted by Gasteiger charge is -2.27. The molecule has 2 unspecified atom stereocenters. The third-order valence-corrected chi connectivity index (χ3v) is 4.27. The minimum Gasteiger partial charge on any atom is -0.298 e. The molecule has 126 valence electrons. The molecule has 0 amide bonds.